The summed E-state index contributed by atoms with van der Waals surface area (Å²) in [7, 11) is 0. The van der Waals surface area contributed by atoms with Gasteiger partial charge in [0, 0.05) is 24.5 Å². The molecule has 0 atom stereocenters. The van der Waals surface area contributed by atoms with E-state index in [0.717, 1.165) is 5.69 Å². The molecule has 0 aliphatic carbocycles. The molecule has 0 saturated carbocycles. The Morgan fingerprint density at radius 2 is 1.87 bits per heavy atom. The highest BCUT2D eigenvalue weighted by Crippen LogP contribution is 2.18. The molecule has 0 aliphatic heterocycles. The van der Waals surface area contributed by atoms with Crippen molar-refractivity contribution in [2.24, 2.45) is 0 Å². The van der Waals surface area contributed by atoms with E-state index in [4.69, 9.17) is 0 Å². The minimum atomic E-state index is -0.409. The maximum absolute atomic E-state index is 13.5. The SMILES string of the molecule is O=C(NCc1ccccc1F)Nc1ccccc1-n1cccn1. The summed E-state index contributed by atoms with van der Waals surface area (Å²) < 4.78 is 15.2. The highest BCUT2D eigenvalue weighted by atomic mass is 19.1. The number of rotatable bonds is 4. The number of hydrogen-bond acceptors (Lipinski definition) is 2. The molecule has 0 bridgehead atoms. The minimum absolute atomic E-state index is 0.114. The van der Waals surface area contributed by atoms with Crippen LogP contribution in [0.15, 0.2) is 67.0 Å². The zero-order valence-electron chi connectivity index (χ0n) is 12.2. The maximum Gasteiger partial charge on any atom is 0.319 e. The van der Waals surface area contributed by atoms with E-state index in [1.807, 2.05) is 18.2 Å². The van der Waals surface area contributed by atoms with Crippen LogP contribution in [0.1, 0.15) is 5.56 Å². The lowest BCUT2D eigenvalue weighted by atomic mass is 10.2. The molecule has 0 aliphatic rings. The summed E-state index contributed by atoms with van der Waals surface area (Å²) in [5.41, 5.74) is 1.80. The minimum Gasteiger partial charge on any atom is -0.334 e. The molecule has 2 aromatic carbocycles. The number of hydrogen-bond donors (Lipinski definition) is 2. The Kier molecular flexibility index (Phi) is 4.33. The molecular formula is C17H15FN4O. The number of urea groups is 1. The van der Waals surface area contributed by atoms with E-state index in [-0.39, 0.29) is 12.4 Å². The van der Waals surface area contributed by atoms with Gasteiger partial charge in [-0.1, -0.05) is 30.3 Å². The molecule has 116 valence electrons. The zero-order valence-corrected chi connectivity index (χ0v) is 12.2. The van der Waals surface area contributed by atoms with Gasteiger partial charge in [-0.05, 0) is 24.3 Å². The lowest BCUT2D eigenvalue weighted by Gasteiger charge is -2.12. The van der Waals surface area contributed by atoms with Crippen LogP contribution in [0.2, 0.25) is 0 Å². The summed E-state index contributed by atoms with van der Waals surface area (Å²) in [6.07, 6.45) is 3.45. The lowest BCUT2D eigenvalue weighted by Crippen LogP contribution is -2.29. The van der Waals surface area contributed by atoms with Crippen molar-refractivity contribution in [3.05, 3.63) is 78.4 Å². The molecule has 0 fully saturated rings. The van der Waals surface area contributed by atoms with Crippen molar-refractivity contribution in [3.8, 4) is 5.69 Å². The number of benzene rings is 2. The Hall–Kier alpha value is -3.15. The zero-order chi connectivity index (χ0) is 16.1. The number of nitrogens with one attached hydrogen (secondary N) is 2. The molecule has 0 radical (unpaired) electrons. The van der Waals surface area contributed by atoms with E-state index < -0.39 is 6.03 Å². The van der Waals surface area contributed by atoms with Crippen molar-refractivity contribution >= 4 is 11.7 Å². The van der Waals surface area contributed by atoms with Gasteiger partial charge >= 0.3 is 6.03 Å². The van der Waals surface area contributed by atoms with Gasteiger partial charge in [0.2, 0.25) is 0 Å². The normalized spacial score (nSPS) is 10.3. The van der Waals surface area contributed by atoms with Crippen LogP contribution in [0.25, 0.3) is 5.69 Å². The number of amides is 2. The number of aromatic nitrogens is 2. The van der Waals surface area contributed by atoms with Crippen molar-refractivity contribution in [3.63, 3.8) is 0 Å². The summed E-state index contributed by atoms with van der Waals surface area (Å²) >= 11 is 0. The number of para-hydroxylation sites is 2. The molecule has 1 aromatic heterocycles. The summed E-state index contributed by atoms with van der Waals surface area (Å²) in [6, 6.07) is 15.0. The van der Waals surface area contributed by atoms with Crippen LogP contribution in [0.3, 0.4) is 0 Å². The highest BCUT2D eigenvalue weighted by molar-refractivity contribution is 5.91. The van der Waals surface area contributed by atoms with Crippen molar-refractivity contribution in [2.75, 3.05) is 5.32 Å². The molecule has 0 unspecified atom stereocenters. The predicted octanol–water partition coefficient (Wildman–Crippen LogP) is 3.33. The summed E-state index contributed by atoms with van der Waals surface area (Å²) in [4.78, 5) is 12.0. The largest absolute Gasteiger partial charge is 0.334 e. The predicted molar refractivity (Wildman–Crippen MR) is 85.8 cm³/mol. The number of halogens is 1. The molecule has 3 rings (SSSR count). The van der Waals surface area contributed by atoms with Gasteiger partial charge in [0.15, 0.2) is 0 Å². The molecule has 1 heterocycles. The fraction of sp³-hybridized carbons (Fsp3) is 0.0588. The summed E-state index contributed by atoms with van der Waals surface area (Å²) in [5, 5.41) is 9.55. The molecule has 6 heteroatoms. The van der Waals surface area contributed by atoms with E-state index in [0.29, 0.717) is 11.3 Å². The number of anilines is 1. The van der Waals surface area contributed by atoms with Crippen LogP contribution in [0.4, 0.5) is 14.9 Å². The third-order valence-corrected chi connectivity index (χ3v) is 3.30. The molecular weight excluding hydrogens is 295 g/mol. The topological polar surface area (TPSA) is 59.0 Å². The van der Waals surface area contributed by atoms with Crippen LogP contribution in [-0.4, -0.2) is 15.8 Å². The van der Waals surface area contributed by atoms with Gasteiger partial charge in [-0.2, -0.15) is 5.10 Å². The average molecular weight is 310 g/mol. The molecule has 3 aromatic rings. The van der Waals surface area contributed by atoms with Gasteiger partial charge in [-0.15, -0.1) is 0 Å². The van der Waals surface area contributed by atoms with Crippen molar-refractivity contribution in [2.45, 2.75) is 6.54 Å². The fourth-order valence-electron chi connectivity index (χ4n) is 2.17. The number of carbonyl (C=O) groups is 1. The van der Waals surface area contributed by atoms with Gasteiger partial charge < -0.3 is 10.6 Å². The van der Waals surface area contributed by atoms with Crippen molar-refractivity contribution in [1.29, 1.82) is 0 Å². The third kappa shape index (κ3) is 3.55. The second-order valence-electron chi connectivity index (χ2n) is 4.87. The molecule has 2 N–H and O–H groups in total. The Balaban J connectivity index is 1.68. The standard InChI is InChI=1S/C17H15FN4O/c18-14-7-2-1-6-13(14)12-19-17(23)21-15-8-3-4-9-16(15)22-11-5-10-20-22/h1-11H,12H2,(H2,19,21,23). The average Bonchev–Trinajstić information content (AvgIpc) is 3.09. The Morgan fingerprint density at radius 1 is 1.09 bits per heavy atom. The first-order chi connectivity index (χ1) is 11.2. The van der Waals surface area contributed by atoms with Crippen molar-refractivity contribution in [1.82, 2.24) is 15.1 Å². The quantitative estimate of drug-likeness (QED) is 0.776. The maximum atomic E-state index is 13.5. The summed E-state index contributed by atoms with van der Waals surface area (Å²) in [5.74, 6) is -0.343. The molecule has 0 spiro atoms. The van der Waals surface area contributed by atoms with E-state index in [1.165, 1.54) is 6.07 Å². The third-order valence-electron chi connectivity index (χ3n) is 3.30. The fourth-order valence-corrected chi connectivity index (χ4v) is 2.17. The van der Waals surface area contributed by atoms with E-state index in [2.05, 4.69) is 15.7 Å². The van der Waals surface area contributed by atoms with Crippen LogP contribution >= 0.6 is 0 Å². The van der Waals surface area contributed by atoms with E-state index in [9.17, 15) is 9.18 Å². The number of nitrogens with zero attached hydrogens (tertiary/aromatic N) is 2. The first-order valence-corrected chi connectivity index (χ1v) is 7.11. The van der Waals surface area contributed by atoms with Crippen LogP contribution in [-0.2, 0) is 6.54 Å². The Bertz CT molecular complexity index is 802. The summed E-state index contributed by atoms with van der Waals surface area (Å²) in [6.45, 7) is 0.114. The van der Waals surface area contributed by atoms with Crippen LogP contribution < -0.4 is 10.6 Å². The van der Waals surface area contributed by atoms with Gasteiger partial charge in [0.05, 0.1) is 11.4 Å². The molecule has 5 nitrogen and oxygen atoms in total. The Morgan fingerprint density at radius 3 is 2.65 bits per heavy atom. The monoisotopic (exact) mass is 310 g/mol. The molecule has 2 amide bonds. The van der Waals surface area contributed by atoms with Gasteiger partial charge in [0.25, 0.3) is 0 Å². The molecule has 0 saturated heterocycles. The number of carbonyl (C=O) groups excluding carboxylic acids is 1. The smallest absolute Gasteiger partial charge is 0.319 e. The van der Waals surface area contributed by atoms with Gasteiger partial charge in [-0.3, -0.25) is 0 Å². The lowest BCUT2D eigenvalue weighted by molar-refractivity contribution is 0.251. The van der Waals surface area contributed by atoms with Crippen molar-refractivity contribution < 1.29 is 9.18 Å². The second-order valence-corrected chi connectivity index (χ2v) is 4.87. The van der Waals surface area contributed by atoms with Crippen LogP contribution in [0, 0.1) is 5.82 Å². The van der Waals surface area contributed by atoms with Gasteiger partial charge in [-0.25, -0.2) is 13.9 Å². The first-order valence-electron chi connectivity index (χ1n) is 7.11. The highest BCUT2D eigenvalue weighted by Gasteiger charge is 2.08. The van der Waals surface area contributed by atoms with E-state index in [1.54, 1.807) is 47.4 Å². The Labute approximate surface area is 132 Å². The molecule has 23 heavy (non-hydrogen) atoms. The van der Waals surface area contributed by atoms with E-state index >= 15 is 0 Å². The second kappa shape index (κ2) is 6.74. The first kappa shape index (κ1) is 14.8. The van der Waals surface area contributed by atoms with Gasteiger partial charge in [0.1, 0.15) is 5.82 Å². The van der Waals surface area contributed by atoms with Crippen LogP contribution in [0.5, 0.6) is 0 Å².